The Morgan fingerprint density at radius 2 is 2.24 bits per heavy atom. The molecule has 2 N–H and O–H groups in total. The number of aromatic nitrogens is 2. The Balaban J connectivity index is 1.68. The molecule has 0 spiro atoms. The van der Waals surface area contributed by atoms with Crippen LogP contribution in [-0.4, -0.2) is 34.0 Å². The van der Waals surface area contributed by atoms with Crippen molar-refractivity contribution >= 4 is 5.82 Å². The number of hydrogen-bond donors (Lipinski definition) is 2. The van der Waals surface area contributed by atoms with Crippen LogP contribution >= 0.6 is 0 Å². The second-order valence-corrected chi connectivity index (χ2v) is 5.57. The molecule has 0 atom stereocenters. The maximum absolute atomic E-state index is 10.1. The molecule has 0 unspecified atom stereocenters. The molecule has 2 aliphatic rings. The van der Waals surface area contributed by atoms with Crippen molar-refractivity contribution in [1.82, 2.24) is 10.2 Å². The molecule has 1 aromatic heterocycles. The number of aryl methyl sites for hydroxylation is 1. The Morgan fingerprint density at radius 1 is 1.41 bits per heavy atom. The summed E-state index contributed by atoms with van der Waals surface area (Å²) in [5.74, 6) is 1.12. The lowest BCUT2D eigenvalue weighted by Gasteiger charge is -2.39. The quantitative estimate of drug-likeness (QED) is 0.839. The normalized spacial score (nSPS) is 22.1. The fraction of sp³-hybridized carbons (Fsp3) is 0.769. The molecule has 4 heteroatoms. The fourth-order valence-electron chi connectivity index (χ4n) is 2.95. The molecule has 0 bridgehead atoms. The van der Waals surface area contributed by atoms with Crippen molar-refractivity contribution < 1.29 is 5.11 Å². The molecule has 0 aromatic carbocycles. The summed E-state index contributed by atoms with van der Waals surface area (Å²) in [6, 6.07) is 0. The second-order valence-electron chi connectivity index (χ2n) is 5.57. The third-order valence-electron chi connectivity index (χ3n) is 4.34. The first-order valence-electron chi connectivity index (χ1n) is 6.69. The number of hydrogen-bond acceptors (Lipinski definition) is 3. The van der Waals surface area contributed by atoms with Gasteiger partial charge in [-0.15, -0.1) is 0 Å². The topological polar surface area (TPSA) is 52.2 Å². The van der Waals surface area contributed by atoms with Crippen LogP contribution in [0.1, 0.15) is 43.4 Å². The van der Waals surface area contributed by atoms with E-state index < -0.39 is 0 Å². The van der Waals surface area contributed by atoms with Crippen LogP contribution in [0.4, 0.5) is 5.82 Å². The molecule has 1 fully saturated rings. The highest BCUT2D eigenvalue weighted by Crippen LogP contribution is 2.36. The molecular weight excluding hydrogens is 214 g/mol. The van der Waals surface area contributed by atoms with Gasteiger partial charge in [-0.1, -0.05) is 0 Å². The summed E-state index contributed by atoms with van der Waals surface area (Å²) in [7, 11) is 0. The highest BCUT2D eigenvalue weighted by atomic mass is 16.3. The molecule has 3 rings (SSSR count). The zero-order valence-electron chi connectivity index (χ0n) is 10.5. The van der Waals surface area contributed by atoms with E-state index in [2.05, 4.69) is 22.0 Å². The first-order valence-corrected chi connectivity index (χ1v) is 6.69. The summed E-state index contributed by atoms with van der Waals surface area (Å²) >= 11 is 0. The van der Waals surface area contributed by atoms with Gasteiger partial charge in [0.2, 0.25) is 0 Å². The van der Waals surface area contributed by atoms with Crippen LogP contribution in [0.15, 0.2) is 0 Å². The van der Waals surface area contributed by atoms with Crippen LogP contribution in [0, 0.1) is 6.92 Å². The molecule has 94 valence electrons. The lowest BCUT2D eigenvalue weighted by molar-refractivity contribution is -0.0382. The Bertz CT molecular complexity index is 409. The smallest absolute Gasteiger partial charge is 0.153 e. The average molecular weight is 235 g/mol. The molecule has 0 amide bonds. The molecule has 2 heterocycles. The summed E-state index contributed by atoms with van der Waals surface area (Å²) in [4.78, 5) is 2.33. The van der Waals surface area contributed by atoms with Gasteiger partial charge in [0.15, 0.2) is 5.82 Å². The Labute approximate surface area is 102 Å². The van der Waals surface area contributed by atoms with E-state index in [1.807, 2.05) is 0 Å². The average Bonchev–Trinajstić information content (AvgIpc) is 2.67. The second kappa shape index (κ2) is 4.02. The summed E-state index contributed by atoms with van der Waals surface area (Å²) in [6.07, 6.45) is 6.37. The van der Waals surface area contributed by atoms with E-state index >= 15 is 0 Å². The standard InChI is InChI=1S/C13H21N3O/c1-10-11-4-2-8-16(12(11)15-14-10)9-7-13(17)5-3-6-13/h17H,2-9H2,1H3,(H,14,15). The van der Waals surface area contributed by atoms with Gasteiger partial charge in [0, 0.05) is 24.3 Å². The third kappa shape index (κ3) is 1.95. The SMILES string of the molecule is Cc1[nH]nc2c1CCCN2CCC1(O)CCC1. The molecule has 4 nitrogen and oxygen atoms in total. The van der Waals surface area contributed by atoms with Gasteiger partial charge in [0.1, 0.15) is 0 Å². The zero-order chi connectivity index (χ0) is 11.9. The lowest BCUT2D eigenvalue weighted by Crippen LogP contribution is -2.41. The van der Waals surface area contributed by atoms with Crippen LogP contribution in [0.25, 0.3) is 0 Å². The largest absolute Gasteiger partial charge is 0.390 e. The van der Waals surface area contributed by atoms with Crippen LogP contribution in [0.5, 0.6) is 0 Å². The Kier molecular flexibility index (Phi) is 2.62. The van der Waals surface area contributed by atoms with E-state index in [0.29, 0.717) is 0 Å². The van der Waals surface area contributed by atoms with E-state index in [4.69, 9.17) is 0 Å². The number of fused-ring (bicyclic) bond motifs is 1. The Morgan fingerprint density at radius 3 is 2.94 bits per heavy atom. The van der Waals surface area contributed by atoms with Crippen molar-refractivity contribution in [3.05, 3.63) is 11.3 Å². The van der Waals surface area contributed by atoms with Gasteiger partial charge in [-0.3, -0.25) is 5.10 Å². The monoisotopic (exact) mass is 235 g/mol. The van der Waals surface area contributed by atoms with Crippen molar-refractivity contribution in [2.45, 2.75) is 51.0 Å². The zero-order valence-corrected chi connectivity index (χ0v) is 10.5. The molecule has 17 heavy (non-hydrogen) atoms. The molecule has 1 aromatic rings. The predicted molar refractivity (Wildman–Crippen MR) is 67.3 cm³/mol. The number of nitrogens with zero attached hydrogens (tertiary/aromatic N) is 2. The molecule has 1 aliphatic carbocycles. The van der Waals surface area contributed by atoms with Gasteiger partial charge in [0.25, 0.3) is 0 Å². The fourth-order valence-corrected chi connectivity index (χ4v) is 2.95. The number of H-pyrrole nitrogens is 1. The van der Waals surface area contributed by atoms with Gasteiger partial charge >= 0.3 is 0 Å². The number of aromatic amines is 1. The van der Waals surface area contributed by atoms with Gasteiger partial charge in [-0.25, -0.2) is 0 Å². The van der Waals surface area contributed by atoms with E-state index in [9.17, 15) is 5.11 Å². The van der Waals surface area contributed by atoms with Gasteiger partial charge in [-0.2, -0.15) is 5.10 Å². The highest BCUT2D eigenvalue weighted by molar-refractivity contribution is 5.50. The van der Waals surface area contributed by atoms with Crippen molar-refractivity contribution in [3.63, 3.8) is 0 Å². The van der Waals surface area contributed by atoms with Crippen molar-refractivity contribution in [1.29, 1.82) is 0 Å². The third-order valence-corrected chi connectivity index (χ3v) is 4.34. The number of aliphatic hydroxyl groups is 1. The van der Waals surface area contributed by atoms with E-state index in [1.165, 1.54) is 24.1 Å². The summed E-state index contributed by atoms with van der Waals surface area (Å²) in [5, 5.41) is 17.6. The van der Waals surface area contributed by atoms with E-state index in [1.54, 1.807) is 0 Å². The summed E-state index contributed by atoms with van der Waals surface area (Å²) in [6.45, 7) is 4.11. The molecule has 0 radical (unpaired) electrons. The number of anilines is 1. The van der Waals surface area contributed by atoms with Crippen LogP contribution in [0.2, 0.25) is 0 Å². The van der Waals surface area contributed by atoms with Crippen molar-refractivity contribution in [3.8, 4) is 0 Å². The van der Waals surface area contributed by atoms with Crippen LogP contribution < -0.4 is 4.90 Å². The minimum Gasteiger partial charge on any atom is -0.390 e. The minimum atomic E-state index is -0.372. The van der Waals surface area contributed by atoms with E-state index in [0.717, 1.165) is 44.6 Å². The number of nitrogens with one attached hydrogen (secondary N) is 1. The number of rotatable bonds is 3. The van der Waals surface area contributed by atoms with Gasteiger partial charge in [-0.05, 0) is 45.4 Å². The first-order chi connectivity index (χ1) is 8.18. The van der Waals surface area contributed by atoms with Crippen molar-refractivity contribution in [2.24, 2.45) is 0 Å². The first kappa shape index (κ1) is 11.1. The van der Waals surface area contributed by atoms with Crippen LogP contribution in [-0.2, 0) is 6.42 Å². The van der Waals surface area contributed by atoms with E-state index in [-0.39, 0.29) is 5.60 Å². The maximum atomic E-state index is 10.1. The van der Waals surface area contributed by atoms with Crippen molar-refractivity contribution in [2.75, 3.05) is 18.0 Å². The van der Waals surface area contributed by atoms with Crippen LogP contribution in [0.3, 0.4) is 0 Å². The summed E-state index contributed by atoms with van der Waals surface area (Å²) < 4.78 is 0. The minimum absolute atomic E-state index is 0.372. The van der Waals surface area contributed by atoms with Gasteiger partial charge in [0.05, 0.1) is 5.60 Å². The lowest BCUT2D eigenvalue weighted by atomic mass is 9.78. The predicted octanol–water partition coefficient (Wildman–Crippen LogP) is 1.78. The summed E-state index contributed by atoms with van der Waals surface area (Å²) in [5.41, 5.74) is 2.20. The molecule has 1 saturated carbocycles. The van der Waals surface area contributed by atoms with Gasteiger partial charge < -0.3 is 10.0 Å². The molecule has 1 aliphatic heterocycles. The maximum Gasteiger partial charge on any atom is 0.153 e. The molecule has 0 saturated heterocycles. The molecular formula is C13H21N3O. The highest BCUT2D eigenvalue weighted by Gasteiger charge is 2.35. The Hall–Kier alpha value is -1.03.